The number of carbonyl (C=O) groups excluding carboxylic acids is 2. The molecule has 3 aliphatic rings. The van der Waals surface area contributed by atoms with E-state index in [0.717, 1.165) is 44.2 Å². The number of fused-ring (bicyclic) bond motifs is 1. The molecule has 2 aliphatic heterocycles. The second kappa shape index (κ2) is 7.28. The van der Waals surface area contributed by atoms with Crippen molar-refractivity contribution in [1.29, 1.82) is 5.26 Å². The van der Waals surface area contributed by atoms with Gasteiger partial charge in [-0.1, -0.05) is 0 Å². The highest BCUT2D eigenvalue weighted by Crippen LogP contribution is 2.34. The van der Waals surface area contributed by atoms with Gasteiger partial charge in [0.2, 0.25) is 5.91 Å². The van der Waals surface area contributed by atoms with Gasteiger partial charge in [-0.05, 0) is 56.6 Å². The summed E-state index contributed by atoms with van der Waals surface area (Å²) in [5, 5.41) is 9.21. The quantitative estimate of drug-likeness (QED) is 0.871. The van der Waals surface area contributed by atoms with Crippen molar-refractivity contribution < 1.29 is 9.59 Å². The molecule has 2 N–H and O–H groups in total. The van der Waals surface area contributed by atoms with E-state index < -0.39 is 6.04 Å². The standard InChI is InChI=1S/C20H25N5O2/c21-11-15-3-2-10-24(15)20(27)18(22)13-5-7-14(8-6-13)25-12-17-16(19(25)26)4-1-9-23-17/h1,4,9,13-15,18H,2-3,5-8,10,12,22H2/t13?,14?,15-,18-/m0/s1. The molecule has 1 aromatic rings. The van der Waals surface area contributed by atoms with E-state index in [1.54, 1.807) is 17.2 Å². The number of nitrogens with zero attached hydrogens (tertiary/aromatic N) is 4. The van der Waals surface area contributed by atoms with Crippen LogP contribution in [0.2, 0.25) is 0 Å². The molecule has 2 atom stereocenters. The van der Waals surface area contributed by atoms with Crippen LogP contribution in [0.15, 0.2) is 18.3 Å². The molecule has 7 nitrogen and oxygen atoms in total. The lowest BCUT2D eigenvalue weighted by atomic mass is 9.80. The van der Waals surface area contributed by atoms with Crippen LogP contribution in [-0.4, -0.2) is 51.3 Å². The zero-order chi connectivity index (χ0) is 19.0. The molecule has 0 aromatic carbocycles. The van der Waals surface area contributed by atoms with Gasteiger partial charge in [-0.25, -0.2) is 0 Å². The second-order valence-corrected chi connectivity index (χ2v) is 7.84. The van der Waals surface area contributed by atoms with Gasteiger partial charge in [0.25, 0.3) is 5.91 Å². The summed E-state index contributed by atoms with van der Waals surface area (Å²) in [5.41, 5.74) is 7.86. The lowest BCUT2D eigenvalue weighted by molar-refractivity contribution is -0.134. The molecule has 0 radical (unpaired) electrons. The number of amides is 2. The highest BCUT2D eigenvalue weighted by atomic mass is 16.2. The zero-order valence-electron chi connectivity index (χ0n) is 15.4. The van der Waals surface area contributed by atoms with Gasteiger partial charge >= 0.3 is 0 Å². The minimum atomic E-state index is -0.548. The smallest absolute Gasteiger partial charge is 0.256 e. The highest BCUT2D eigenvalue weighted by Gasteiger charge is 2.39. The zero-order valence-corrected chi connectivity index (χ0v) is 15.4. The van der Waals surface area contributed by atoms with Crippen LogP contribution in [0.3, 0.4) is 0 Å². The molecular formula is C20H25N5O2. The van der Waals surface area contributed by atoms with Crippen molar-refractivity contribution in [2.24, 2.45) is 11.7 Å². The number of nitriles is 1. The molecule has 7 heteroatoms. The number of pyridine rings is 1. The molecule has 0 bridgehead atoms. The van der Waals surface area contributed by atoms with Crippen LogP contribution in [0, 0.1) is 17.2 Å². The third kappa shape index (κ3) is 3.19. The molecule has 27 heavy (non-hydrogen) atoms. The lowest BCUT2D eigenvalue weighted by Crippen LogP contribution is -2.50. The SMILES string of the molecule is N#C[C@@H]1CCCN1C(=O)[C@@H](N)C1CCC(N2Cc3ncccc3C2=O)CC1. The third-order valence-electron chi connectivity index (χ3n) is 6.36. The molecule has 0 unspecified atom stereocenters. The molecule has 3 heterocycles. The van der Waals surface area contributed by atoms with Crippen LogP contribution < -0.4 is 5.73 Å². The fourth-order valence-corrected chi connectivity index (χ4v) is 4.77. The number of likely N-dealkylation sites (tertiary alicyclic amines) is 1. The Hall–Kier alpha value is -2.46. The van der Waals surface area contributed by atoms with Crippen LogP contribution in [0.5, 0.6) is 0 Å². The Morgan fingerprint density at radius 1 is 1.30 bits per heavy atom. The van der Waals surface area contributed by atoms with Gasteiger partial charge < -0.3 is 15.5 Å². The molecule has 2 amide bonds. The number of rotatable bonds is 3. The summed E-state index contributed by atoms with van der Waals surface area (Å²) in [4.78, 5) is 33.3. The minimum Gasteiger partial charge on any atom is -0.330 e. The Kier molecular flexibility index (Phi) is 4.83. The van der Waals surface area contributed by atoms with Gasteiger partial charge in [0.05, 0.1) is 29.9 Å². The molecule has 142 valence electrons. The lowest BCUT2D eigenvalue weighted by Gasteiger charge is -2.37. The Balaban J connectivity index is 1.35. The minimum absolute atomic E-state index is 0.0656. The van der Waals surface area contributed by atoms with Gasteiger partial charge in [0.15, 0.2) is 0 Å². The van der Waals surface area contributed by atoms with Gasteiger partial charge in [-0.2, -0.15) is 5.26 Å². The van der Waals surface area contributed by atoms with E-state index in [-0.39, 0.29) is 29.8 Å². The Morgan fingerprint density at radius 2 is 2.07 bits per heavy atom. The fraction of sp³-hybridized carbons (Fsp3) is 0.600. The molecule has 1 aliphatic carbocycles. The average molecular weight is 367 g/mol. The first kappa shape index (κ1) is 17.9. The maximum Gasteiger partial charge on any atom is 0.256 e. The van der Waals surface area contributed by atoms with Crippen LogP contribution in [-0.2, 0) is 11.3 Å². The first-order chi connectivity index (χ1) is 13.1. The Morgan fingerprint density at radius 3 is 2.78 bits per heavy atom. The van der Waals surface area contributed by atoms with Gasteiger partial charge in [0, 0.05) is 18.8 Å². The van der Waals surface area contributed by atoms with Crippen molar-refractivity contribution in [1.82, 2.24) is 14.8 Å². The summed E-state index contributed by atoms with van der Waals surface area (Å²) in [5.74, 6) is 0.0964. The van der Waals surface area contributed by atoms with Gasteiger partial charge in [-0.15, -0.1) is 0 Å². The van der Waals surface area contributed by atoms with E-state index in [4.69, 9.17) is 5.73 Å². The van der Waals surface area contributed by atoms with Crippen molar-refractivity contribution in [3.8, 4) is 6.07 Å². The summed E-state index contributed by atoms with van der Waals surface area (Å²) < 4.78 is 0. The van der Waals surface area contributed by atoms with E-state index in [9.17, 15) is 14.9 Å². The largest absolute Gasteiger partial charge is 0.330 e. The number of hydrogen-bond donors (Lipinski definition) is 1. The molecule has 1 saturated carbocycles. The molecule has 4 rings (SSSR count). The summed E-state index contributed by atoms with van der Waals surface area (Å²) in [6, 6.07) is 5.16. The molecule has 2 fully saturated rings. The second-order valence-electron chi connectivity index (χ2n) is 7.84. The summed E-state index contributed by atoms with van der Waals surface area (Å²) >= 11 is 0. The van der Waals surface area contributed by atoms with Gasteiger partial charge in [-0.3, -0.25) is 14.6 Å². The van der Waals surface area contributed by atoms with E-state index in [0.29, 0.717) is 18.7 Å². The van der Waals surface area contributed by atoms with E-state index in [1.165, 1.54) is 0 Å². The van der Waals surface area contributed by atoms with Crippen LogP contribution in [0.1, 0.15) is 54.6 Å². The summed E-state index contributed by atoms with van der Waals surface area (Å²) in [7, 11) is 0. The monoisotopic (exact) mass is 367 g/mol. The summed E-state index contributed by atoms with van der Waals surface area (Å²) in [6.07, 6.45) is 6.71. The molecule has 1 saturated heterocycles. The van der Waals surface area contributed by atoms with Crippen molar-refractivity contribution >= 4 is 11.8 Å². The van der Waals surface area contributed by atoms with E-state index >= 15 is 0 Å². The highest BCUT2D eigenvalue weighted by molar-refractivity contribution is 5.97. The van der Waals surface area contributed by atoms with E-state index in [1.807, 2.05) is 11.0 Å². The number of hydrogen-bond acceptors (Lipinski definition) is 5. The fourth-order valence-electron chi connectivity index (χ4n) is 4.77. The van der Waals surface area contributed by atoms with Crippen LogP contribution in [0.25, 0.3) is 0 Å². The first-order valence-electron chi connectivity index (χ1n) is 9.80. The van der Waals surface area contributed by atoms with E-state index in [2.05, 4.69) is 11.1 Å². The van der Waals surface area contributed by atoms with Crippen molar-refractivity contribution in [3.63, 3.8) is 0 Å². The predicted octanol–water partition coefficient (Wildman–Crippen LogP) is 1.44. The molecular weight excluding hydrogens is 342 g/mol. The van der Waals surface area contributed by atoms with Crippen LogP contribution >= 0.6 is 0 Å². The van der Waals surface area contributed by atoms with Crippen molar-refractivity contribution in [3.05, 3.63) is 29.6 Å². The number of nitrogens with two attached hydrogens (primary N) is 1. The Bertz CT molecular complexity index is 781. The average Bonchev–Trinajstić information content (AvgIpc) is 3.32. The molecule has 1 aromatic heterocycles. The maximum atomic E-state index is 12.7. The van der Waals surface area contributed by atoms with Crippen molar-refractivity contribution in [2.75, 3.05) is 6.54 Å². The van der Waals surface area contributed by atoms with Crippen LogP contribution in [0.4, 0.5) is 0 Å². The van der Waals surface area contributed by atoms with Crippen molar-refractivity contribution in [2.45, 2.75) is 63.2 Å². The first-order valence-corrected chi connectivity index (χ1v) is 9.80. The number of carbonyl (C=O) groups is 2. The molecule has 0 spiro atoms. The normalized spacial score (nSPS) is 28.7. The number of aromatic nitrogens is 1. The Labute approximate surface area is 159 Å². The topological polar surface area (TPSA) is 103 Å². The van der Waals surface area contributed by atoms with Gasteiger partial charge in [0.1, 0.15) is 6.04 Å². The third-order valence-corrected chi connectivity index (χ3v) is 6.36. The predicted molar refractivity (Wildman–Crippen MR) is 98.2 cm³/mol. The maximum absolute atomic E-state index is 12.7. The summed E-state index contributed by atoms with van der Waals surface area (Å²) in [6.45, 7) is 1.21.